The molecule has 0 spiro atoms. The smallest absolute Gasteiger partial charge is 0.317 e. The molecule has 2 amide bonds. The number of carbonyl (C=O) groups is 2. The summed E-state index contributed by atoms with van der Waals surface area (Å²) in [4.78, 5) is 23.8. The van der Waals surface area contributed by atoms with Gasteiger partial charge >= 0.3 is 12.0 Å². The number of carbonyl (C=O) groups excluding carboxylic acids is 1. The Labute approximate surface area is 106 Å². The van der Waals surface area contributed by atoms with Gasteiger partial charge in [0.1, 0.15) is 0 Å². The van der Waals surface area contributed by atoms with Crippen molar-refractivity contribution in [3.63, 3.8) is 0 Å². The van der Waals surface area contributed by atoms with Gasteiger partial charge in [0.25, 0.3) is 0 Å². The fourth-order valence-electron chi connectivity index (χ4n) is 1.54. The van der Waals surface area contributed by atoms with E-state index in [-0.39, 0.29) is 17.3 Å². The van der Waals surface area contributed by atoms with Crippen LogP contribution in [0.5, 0.6) is 0 Å². The maximum atomic E-state index is 11.7. The quantitative estimate of drug-likeness (QED) is 0.754. The van der Waals surface area contributed by atoms with Gasteiger partial charge in [0.2, 0.25) is 0 Å². The minimum Gasteiger partial charge on any atom is -0.481 e. The van der Waals surface area contributed by atoms with E-state index < -0.39 is 11.9 Å². The van der Waals surface area contributed by atoms with Crippen molar-refractivity contribution in [2.24, 2.45) is 5.92 Å². The zero-order valence-corrected chi connectivity index (χ0v) is 11.3. The van der Waals surface area contributed by atoms with Crippen LogP contribution in [0.3, 0.4) is 0 Å². The van der Waals surface area contributed by atoms with E-state index in [9.17, 15) is 9.59 Å². The molecule has 1 unspecified atom stereocenters. The number of thioether (sulfide) groups is 1. The van der Waals surface area contributed by atoms with E-state index in [0.29, 0.717) is 6.54 Å². The molecule has 0 radical (unpaired) electrons. The van der Waals surface area contributed by atoms with E-state index in [2.05, 4.69) is 11.6 Å². The highest BCUT2D eigenvalue weighted by Gasteiger charge is 2.42. The molecule has 0 aromatic heterocycles. The van der Waals surface area contributed by atoms with Gasteiger partial charge in [-0.15, -0.1) is 0 Å². The first-order chi connectivity index (χ1) is 7.90. The molecule has 98 valence electrons. The highest BCUT2D eigenvalue weighted by Crippen LogP contribution is 2.46. The largest absolute Gasteiger partial charge is 0.481 e. The molecule has 5 nitrogen and oxygen atoms in total. The second-order valence-corrected chi connectivity index (χ2v) is 5.94. The van der Waals surface area contributed by atoms with Gasteiger partial charge in [-0.1, -0.05) is 6.92 Å². The molecule has 0 aliphatic heterocycles. The van der Waals surface area contributed by atoms with Gasteiger partial charge in [0, 0.05) is 24.9 Å². The van der Waals surface area contributed by atoms with Crippen molar-refractivity contribution in [2.45, 2.75) is 24.5 Å². The van der Waals surface area contributed by atoms with Crippen molar-refractivity contribution in [1.82, 2.24) is 10.2 Å². The SMILES string of the molecule is CSC1(CNC(=O)N(C)CC(C)C(=O)O)CC1. The molecule has 2 N–H and O–H groups in total. The van der Waals surface area contributed by atoms with Crippen LogP contribution in [-0.2, 0) is 4.79 Å². The van der Waals surface area contributed by atoms with E-state index in [1.807, 2.05) is 0 Å². The van der Waals surface area contributed by atoms with E-state index in [1.54, 1.807) is 25.7 Å². The molecule has 0 aromatic rings. The summed E-state index contributed by atoms with van der Waals surface area (Å²) in [6, 6.07) is -0.196. The lowest BCUT2D eigenvalue weighted by molar-refractivity contribution is -0.141. The Morgan fingerprint density at radius 1 is 1.53 bits per heavy atom. The van der Waals surface area contributed by atoms with E-state index in [4.69, 9.17) is 5.11 Å². The number of nitrogens with one attached hydrogen (secondary N) is 1. The summed E-state index contributed by atoms with van der Waals surface area (Å²) in [5.74, 6) is -1.42. The lowest BCUT2D eigenvalue weighted by Gasteiger charge is -2.21. The van der Waals surface area contributed by atoms with Crippen LogP contribution < -0.4 is 5.32 Å². The molecule has 0 saturated heterocycles. The van der Waals surface area contributed by atoms with Crippen LogP contribution in [0.2, 0.25) is 0 Å². The lowest BCUT2D eigenvalue weighted by Crippen LogP contribution is -2.43. The van der Waals surface area contributed by atoms with Crippen LogP contribution in [0.15, 0.2) is 0 Å². The number of amides is 2. The first-order valence-corrected chi connectivity index (χ1v) is 6.89. The first kappa shape index (κ1) is 14.2. The van der Waals surface area contributed by atoms with Gasteiger partial charge in [-0.05, 0) is 19.1 Å². The summed E-state index contributed by atoms with van der Waals surface area (Å²) in [7, 11) is 1.62. The van der Waals surface area contributed by atoms with Gasteiger partial charge in [-0.2, -0.15) is 11.8 Å². The molecule has 0 bridgehead atoms. The van der Waals surface area contributed by atoms with Crippen molar-refractivity contribution in [2.75, 3.05) is 26.4 Å². The van der Waals surface area contributed by atoms with Crippen molar-refractivity contribution in [1.29, 1.82) is 0 Å². The van der Waals surface area contributed by atoms with Crippen LogP contribution in [0, 0.1) is 5.92 Å². The molecule has 17 heavy (non-hydrogen) atoms. The second kappa shape index (κ2) is 5.62. The normalized spacial score (nSPS) is 18.3. The number of rotatable bonds is 6. The number of carboxylic acid groups (broad SMARTS) is 1. The molecule has 1 rings (SSSR count). The Bertz CT molecular complexity index is 305. The molecule has 6 heteroatoms. The van der Waals surface area contributed by atoms with Crippen molar-refractivity contribution in [3.8, 4) is 0 Å². The molecule has 1 fully saturated rings. The van der Waals surface area contributed by atoms with E-state index in [0.717, 1.165) is 12.8 Å². The van der Waals surface area contributed by atoms with Gasteiger partial charge in [-0.3, -0.25) is 4.79 Å². The third kappa shape index (κ3) is 4.11. The predicted molar refractivity (Wildman–Crippen MR) is 68.3 cm³/mol. The molecule has 1 saturated carbocycles. The third-order valence-electron chi connectivity index (χ3n) is 3.12. The molecule has 1 aliphatic carbocycles. The Morgan fingerprint density at radius 2 is 2.12 bits per heavy atom. The number of nitrogens with zero attached hydrogens (tertiary/aromatic N) is 1. The topological polar surface area (TPSA) is 69.6 Å². The van der Waals surface area contributed by atoms with Gasteiger partial charge < -0.3 is 15.3 Å². The summed E-state index contributed by atoms with van der Waals surface area (Å²) >= 11 is 1.78. The number of urea groups is 1. The highest BCUT2D eigenvalue weighted by molar-refractivity contribution is 8.00. The van der Waals surface area contributed by atoms with Crippen molar-refractivity contribution >= 4 is 23.8 Å². The average molecular weight is 260 g/mol. The van der Waals surface area contributed by atoms with E-state index >= 15 is 0 Å². The molecule has 0 heterocycles. The van der Waals surface area contributed by atoms with Crippen LogP contribution in [-0.4, -0.2) is 53.1 Å². The average Bonchev–Trinajstić information content (AvgIpc) is 3.06. The zero-order valence-electron chi connectivity index (χ0n) is 10.5. The fraction of sp³-hybridized carbons (Fsp3) is 0.818. The summed E-state index contributed by atoms with van der Waals surface area (Å²) in [5, 5.41) is 11.6. The van der Waals surface area contributed by atoms with Crippen LogP contribution in [0.4, 0.5) is 4.79 Å². The van der Waals surface area contributed by atoms with Crippen LogP contribution in [0.1, 0.15) is 19.8 Å². The third-order valence-corrected chi connectivity index (χ3v) is 4.54. The highest BCUT2D eigenvalue weighted by atomic mass is 32.2. The molecular weight excluding hydrogens is 240 g/mol. The monoisotopic (exact) mass is 260 g/mol. The summed E-state index contributed by atoms with van der Waals surface area (Å²) in [6.45, 7) is 2.49. The van der Waals surface area contributed by atoms with Crippen LogP contribution >= 0.6 is 11.8 Å². The van der Waals surface area contributed by atoms with Gasteiger partial charge in [-0.25, -0.2) is 4.79 Å². The predicted octanol–water partition coefficient (Wildman–Crippen LogP) is 1.24. The number of hydrogen-bond acceptors (Lipinski definition) is 3. The molecule has 0 aromatic carbocycles. The maximum absolute atomic E-state index is 11.7. The lowest BCUT2D eigenvalue weighted by atomic mass is 10.2. The molecular formula is C11H20N2O3S. The standard InChI is InChI=1S/C11H20N2O3S/c1-8(9(14)15)6-13(2)10(16)12-7-11(17-3)4-5-11/h8H,4-7H2,1-3H3,(H,12,16)(H,14,15). The number of hydrogen-bond donors (Lipinski definition) is 2. The summed E-state index contributed by atoms with van der Waals surface area (Å²) < 4.78 is 0.231. The second-order valence-electron chi connectivity index (χ2n) is 4.67. The first-order valence-electron chi connectivity index (χ1n) is 5.67. The van der Waals surface area contributed by atoms with Crippen molar-refractivity contribution in [3.05, 3.63) is 0 Å². The number of aliphatic carboxylic acids is 1. The minimum absolute atomic E-state index is 0.196. The van der Waals surface area contributed by atoms with Gasteiger partial charge in [0.05, 0.1) is 5.92 Å². The Morgan fingerprint density at radius 3 is 2.53 bits per heavy atom. The van der Waals surface area contributed by atoms with E-state index in [1.165, 1.54) is 4.90 Å². The van der Waals surface area contributed by atoms with Gasteiger partial charge in [0.15, 0.2) is 0 Å². The summed E-state index contributed by atoms with van der Waals surface area (Å²) in [6.07, 6.45) is 4.34. The summed E-state index contributed by atoms with van der Waals surface area (Å²) in [5.41, 5.74) is 0. The Kier molecular flexibility index (Phi) is 4.68. The molecule has 1 aliphatic rings. The fourth-order valence-corrected chi connectivity index (χ4v) is 2.26. The van der Waals surface area contributed by atoms with Crippen LogP contribution in [0.25, 0.3) is 0 Å². The number of carboxylic acids is 1. The zero-order chi connectivity index (χ0) is 13.1. The minimum atomic E-state index is -0.882. The van der Waals surface area contributed by atoms with Crippen molar-refractivity contribution < 1.29 is 14.7 Å². The Balaban J connectivity index is 2.29. The maximum Gasteiger partial charge on any atom is 0.317 e. The molecule has 1 atom stereocenters. The Hall–Kier alpha value is -0.910.